The van der Waals surface area contributed by atoms with E-state index in [1.807, 2.05) is 27.0 Å². The Labute approximate surface area is 115 Å². The molecule has 0 heterocycles. The molecule has 4 heteroatoms. The summed E-state index contributed by atoms with van der Waals surface area (Å²) < 4.78 is 13.1. The molecule has 19 heavy (non-hydrogen) atoms. The topological polar surface area (TPSA) is 53.1 Å². The van der Waals surface area contributed by atoms with Gasteiger partial charge in [0, 0.05) is 12.0 Å². The lowest BCUT2D eigenvalue weighted by atomic mass is 9.86. The molecule has 3 nitrogen and oxygen atoms in total. The van der Waals surface area contributed by atoms with Crippen molar-refractivity contribution in [3.05, 3.63) is 35.6 Å². The van der Waals surface area contributed by atoms with Gasteiger partial charge < -0.3 is 10.6 Å². The molecule has 0 saturated heterocycles. The van der Waals surface area contributed by atoms with Gasteiger partial charge in [0.2, 0.25) is 0 Å². The Bertz CT molecular complexity index is 429. The van der Waals surface area contributed by atoms with Gasteiger partial charge in [0.25, 0.3) is 0 Å². The van der Waals surface area contributed by atoms with E-state index in [0.717, 1.165) is 31.5 Å². The van der Waals surface area contributed by atoms with Gasteiger partial charge >= 0.3 is 0 Å². The highest BCUT2D eigenvalue weighted by atomic mass is 19.1. The van der Waals surface area contributed by atoms with E-state index in [1.165, 1.54) is 6.07 Å². The number of halogens is 1. The first-order chi connectivity index (χ1) is 8.81. The normalized spacial score (nSPS) is 11.8. The highest BCUT2D eigenvalue weighted by Gasteiger charge is 2.20. The fourth-order valence-electron chi connectivity index (χ4n) is 1.95. The minimum Gasteiger partial charge on any atom is -0.387 e. The largest absolute Gasteiger partial charge is 0.387 e. The third kappa shape index (κ3) is 5.39. The standard InChI is InChI=1S/C15H24FN3/c1-15(2,14(17)18)8-5-9-19(3)11-12-6-4-7-13(16)10-12/h4,6-7,10H,5,8-9,11H2,1-3H3,(H3,17,18). The third-order valence-corrected chi connectivity index (χ3v) is 3.41. The van der Waals surface area contributed by atoms with Crippen LogP contribution in [0.1, 0.15) is 32.3 Å². The summed E-state index contributed by atoms with van der Waals surface area (Å²) in [7, 11) is 2.02. The quantitative estimate of drug-likeness (QED) is 0.588. The van der Waals surface area contributed by atoms with Gasteiger partial charge in [0.05, 0.1) is 5.84 Å². The predicted molar refractivity (Wildman–Crippen MR) is 77.7 cm³/mol. The third-order valence-electron chi connectivity index (χ3n) is 3.41. The molecule has 0 saturated carbocycles. The number of amidine groups is 1. The molecular formula is C15H24FN3. The molecule has 0 atom stereocenters. The van der Waals surface area contributed by atoms with E-state index >= 15 is 0 Å². The SMILES string of the molecule is CN(CCCC(C)(C)C(=N)N)Cc1cccc(F)c1. The van der Waals surface area contributed by atoms with Crippen LogP contribution < -0.4 is 5.73 Å². The molecule has 0 amide bonds. The number of benzene rings is 1. The monoisotopic (exact) mass is 265 g/mol. The van der Waals surface area contributed by atoms with E-state index in [1.54, 1.807) is 12.1 Å². The number of nitrogens with two attached hydrogens (primary N) is 1. The minimum atomic E-state index is -0.236. The maximum Gasteiger partial charge on any atom is 0.123 e. The van der Waals surface area contributed by atoms with Crippen molar-refractivity contribution in [3.8, 4) is 0 Å². The van der Waals surface area contributed by atoms with Crippen LogP contribution in [-0.2, 0) is 6.54 Å². The highest BCUT2D eigenvalue weighted by Crippen LogP contribution is 2.21. The van der Waals surface area contributed by atoms with Crippen molar-refractivity contribution in [1.29, 1.82) is 5.41 Å². The van der Waals surface area contributed by atoms with Crippen LogP contribution in [0.3, 0.4) is 0 Å². The lowest BCUT2D eigenvalue weighted by molar-refractivity contribution is 0.300. The molecule has 0 bridgehead atoms. The zero-order chi connectivity index (χ0) is 14.5. The first-order valence-electron chi connectivity index (χ1n) is 6.59. The van der Waals surface area contributed by atoms with Crippen LogP contribution in [0.5, 0.6) is 0 Å². The second kappa shape index (κ2) is 6.66. The van der Waals surface area contributed by atoms with Crippen molar-refractivity contribution in [2.75, 3.05) is 13.6 Å². The van der Waals surface area contributed by atoms with Gasteiger partial charge in [-0.15, -0.1) is 0 Å². The zero-order valence-electron chi connectivity index (χ0n) is 12.0. The van der Waals surface area contributed by atoms with Gasteiger partial charge in [-0.05, 0) is 44.1 Å². The van der Waals surface area contributed by atoms with E-state index in [9.17, 15) is 4.39 Å². The van der Waals surface area contributed by atoms with Crippen molar-refractivity contribution in [2.24, 2.45) is 11.1 Å². The van der Waals surface area contributed by atoms with Crippen molar-refractivity contribution >= 4 is 5.84 Å². The van der Waals surface area contributed by atoms with Crippen LogP contribution >= 0.6 is 0 Å². The Hall–Kier alpha value is -1.42. The first kappa shape index (κ1) is 15.6. The molecule has 0 aliphatic rings. The van der Waals surface area contributed by atoms with Crippen LogP contribution in [0, 0.1) is 16.6 Å². The molecule has 0 aliphatic carbocycles. The molecule has 1 aromatic rings. The van der Waals surface area contributed by atoms with Crippen molar-refractivity contribution < 1.29 is 4.39 Å². The van der Waals surface area contributed by atoms with E-state index < -0.39 is 0 Å². The molecule has 106 valence electrons. The fourth-order valence-corrected chi connectivity index (χ4v) is 1.95. The van der Waals surface area contributed by atoms with E-state index in [4.69, 9.17) is 11.1 Å². The maximum atomic E-state index is 13.1. The molecule has 0 aliphatic heterocycles. The van der Waals surface area contributed by atoms with Gasteiger partial charge in [-0.1, -0.05) is 26.0 Å². The molecule has 0 unspecified atom stereocenters. The van der Waals surface area contributed by atoms with E-state index in [0.29, 0.717) is 0 Å². The Kier molecular flexibility index (Phi) is 5.48. The second-order valence-corrected chi connectivity index (χ2v) is 5.77. The van der Waals surface area contributed by atoms with Crippen molar-refractivity contribution in [2.45, 2.75) is 33.2 Å². The summed E-state index contributed by atoms with van der Waals surface area (Å²) in [4.78, 5) is 2.16. The summed E-state index contributed by atoms with van der Waals surface area (Å²) in [6, 6.07) is 6.69. The van der Waals surface area contributed by atoms with Gasteiger partial charge in [0.1, 0.15) is 5.82 Å². The van der Waals surface area contributed by atoms with Crippen molar-refractivity contribution in [1.82, 2.24) is 4.90 Å². The number of nitrogens with zero attached hydrogens (tertiary/aromatic N) is 1. The molecule has 0 fully saturated rings. The number of hydrogen-bond acceptors (Lipinski definition) is 2. The van der Waals surface area contributed by atoms with Crippen LogP contribution in [0.4, 0.5) is 4.39 Å². The summed E-state index contributed by atoms with van der Waals surface area (Å²) >= 11 is 0. The predicted octanol–water partition coefficient (Wildman–Crippen LogP) is 3.00. The molecule has 1 aromatic carbocycles. The summed E-state index contributed by atoms with van der Waals surface area (Å²) in [6.07, 6.45) is 1.86. The molecule has 1 rings (SSSR count). The van der Waals surface area contributed by atoms with Gasteiger partial charge in [-0.25, -0.2) is 4.39 Å². The van der Waals surface area contributed by atoms with Gasteiger partial charge in [0.15, 0.2) is 0 Å². The Morgan fingerprint density at radius 1 is 1.42 bits per heavy atom. The number of rotatable bonds is 7. The van der Waals surface area contributed by atoms with Gasteiger partial charge in [-0.2, -0.15) is 0 Å². The summed E-state index contributed by atoms with van der Waals surface area (Å²) in [5.74, 6) is 0.0453. The average molecular weight is 265 g/mol. The second-order valence-electron chi connectivity index (χ2n) is 5.77. The Morgan fingerprint density at radius 3 is 2.68 bits per heavy atom. The Morgan fingerprint density at radius 2 is 2.11 bits per heavy atom. The lowest BCUT2D eigenvalue weighted by Gasteiger charge is -2.24. The summed E-state index contributed by atoms with van der Waals surface area (Å²) in [5.41, 5.74) is 6.30. The van der Waals surface area contributed by atoms with Crippen LogP contribution in [0.25, 0.3) is 0 Å². The number of hydrogen-bond donors (Lipinski definition) is 2. The summed E-state index contributed by atoms with van der Waals surface area (Å²) in [5, 5.41) is 7.51. The van der Waals surface area contributed by atoms with E-state index in [-0.39, 0.29) is 17.1 Å². The lowest BCUT2D eigenvalue weighted by Crippen LogP contribution is -2.31. The molecule has 3 N–H and O–H groups in total. The Balaban J connectivity index is 2.36. The fraction of sp³-hybridized carbons (Fsp3) is 0.533. The van der Waals surface area contributed by atoms with E-state index in [2.05, 4.69) is 4.90 Å². The zero-order valence-corrected chi connectivity index (χ0v) is 12.0. The minimum absolute atomic E-state index is 0.191. The van der Waals surface area contributed by atoms with Crippen LogP contribution in [-0.4, -0.2) is 24.3 Å². The smallest absolute Gasteiger partial charge is 0.123 e. The molecule has 0 spiro atoms. The van der Waals surface area contributed by atoms with Crippen LogP contribution in [0.2, 0.25) is 0 Å². The van der Waals surface area contributed by atoms with Crippen molar-refractivity contribution in [3.63, 3.8) is 0 Å². The summed E-state index contributed by atoms with van der Waals surface area (Å²) in [6.45, 7) is 5.62. The first-order valence-corrected chi connectivity index (χ1v) is 6.59. The van der Waals surface area contributed by atoms with Gasteiger partial charge in [-0.3, -0.25) is 5.41 Å². The maximum absolute atomic E-state index is 13.1. The molecular weight excluding hydrogens is 241 g/mol. The molecule has 0 radical (unpaired) electrons. The average Bonchev–Trinajstić information content (AvgIpc) is 2.28. The molecule has 0 aromatic heterocycles. The highest BCUT2D eigenvalue weighted by molar-refractivity contribution is 5.82. The number of nitrogens with one attached hydrogen (secondary N) is 1. The van der Waals surface area contributed by atoms with Crippen LogP contribution in [0.15, 0.2) is 24.3 Å².